The van der Waals surface area contributed by atoms with Gasteiger partial charge in [0.25, 0.3) is 0 Å². The fourth-order valence-corrected chi connectivity index (χ4v) is 1.33. The fraction of sp³-hybridized carbons (Fsp3) is 0.286. The maximum atomic E-state index is 13.4. The van der Waals surface area contributed by atoms with Gasteiger partial charge in [-0.2, -0.15) is 0 Å². The molecular formula is C14H17FN2O2. The number of benzene rings is 1. The highest BCUT2D eigenvalue weighted by atomic mass is 19.1. The van der Waals surface area contributed by atoms with Crippen LogP contribution in [0.25, 0.3) is 0 Å². The third-order valence-corrected chi connectivity index (χ3v) is 2.66. The molecule has 0 atom stereocenters. The van der Waals surface area contributed by atoms with Crippen molar-refractivity contribution in [2.75, 3.05) is 11.9 Å². The number of para-hydroxylation sites is 1. The predicted octanol–water partition coefficient (Wildman–Crippen LogP) is 2.09. The first-order chi connectivity index (χ1) is 8.89. The average molecular weight is 264 g/mol. The van der Waals surface area contributed by atoms with Crippen LogP contribution in [0.3, 0.4) is 0 Å². The third kappa shape index (κ3) is 3.64. The van der Waals surface area contributed by atoms with Gasteiger partial charge in [-0.25, -0.2) is 4.39 Å². The highest BCUT2D eigenvalue weighted by Crippen LogP contribution is 2.20. The van der Waals surface area contributed by atoms with Crippen molar-refractivity contribution in [1.29, 1.82) is 0 Å². The van der Waals surface area contributed by atoms with Crippen molar-refractivity contribution in [3.05, 3.63) is 42.7 Å². The summed E-state index contributed by atoms with van der Waals surface area (Å²) in [6, 6.07) is 5.79. The SMILES string of the molecule is C=CCNC(=O)C(C)(C)C(=O)Nc1ccccc1F. The maximum absolute atomic E-state index is 13.4. The van der Waals surface area contributed by atoms with E-state index >= 15 is 0 Å². The lowest BCUT2D eigenvalue weighted by atomic mass is 9.91. The largest absolute Gasteiger partial charge is 0.352 e. The molecule has 0 aliphatic carbocycles. The molecule has 0 spiro atoms. The van der Waals surface area contributed by atoms with Gasteiger partial charge in [0.1, 0.15) is 11.2 Å². The first kappa shape index (κ1) is 14.9. The Morgan fingerprint density at radius 2 is 1.95 bits per heavy atom. The molecule has 4 nitrogen and oxygen atoms in total. The monoisotopic (exact) mass is 264 g/mol. The van der Waals surface area contributed by atoms with Gasteiger partial charge in [-0.15, -0.1) is 6.58 Å². The minimum atomic E-state index is -1.30. The van der Waals surface area contributed by atoms with Crippen LogP contribution in [-0.4, -0.2) is 18.4 Å². The second-order valence-corrected chi connectivity index (χ2v) is 4.56. The van der Waals surface area contributed by atoms with E-state index in [0.717, 1.165) is 0 Å². The highest BCUT2D eigenvalue weighted by molar-refractivity contribution is 6.09. The second-order valence-electron chi connectivity index (χ2n) is 4.56. The van der Waals surface area contributed by atoms with Crippen molar-refractivity contribution in [2.45, 2.75) is 13.8 Å². The quantitative estimate of drug-likeness (QED) is 0.632. The van der Waals surface area contributed by atoms with E-state index in [9.17, 15) is 14.0 Å². The minimum absolute atomic E-state index is 0.0529. The number of halogens is 1. The number of rotatable bonds is 5. The number of nitrogens with one attached hydrogen (secondary N) is 2. The smallest absolute Gasteiger partial charge is 0.239 e. The molecule has 1 aromatic carbocycles. The molecule has 0 heterocycles. The van der Waals surface area contributed by atoms with Crippen molar-refractivity contribution in [3.8, 4) is 0 Å². The van der Waals surface area contributed by atoms with Crippen molar-refractivity contribution in [3.63, 3.8) is 0 Å². The normalized spacial score (nSPS) is 10.7. The summed E-state index contributed by atoms with van der Waals surface area (Å²) in [7, 11) is 0. The van der Waals surface area contributed by atoms with Crippen LogP contribution < -0.4 is 10.6 Å². The molecule has 0 saturated heterocycles. The van der Waals surface area contributed by atoms with Crippen molar-refractivity contribution in [1.82, 2.24) is 5.32 Å². The Balaban J connectivity index is 2.79. The Labute approximate surface area is 111 Å². The zero-order chi connectivity index (χ0) is 14.5. The molecule has 0 saturated carbocycles. The molecule has 0 aromatic heterocycles. The molecule has 0 unspecified atom stereocenters. The summed E-state index contributed by atoms with van der Waals surface area (Å²) in [6.07, 6.45) is 1.52. The fourth-order valence-electron chi connectivity index (χ4n) is 1.33. The summed E-state index contributed by atoms with van der Waals surface area (Å²) in [4.78, 5) is 23.9. The van der Waals surface area contributed by atoms with Crippen LogP contribution in [0, 0.1) is 11.2 Å². The summed E-state index contributed by atoms with van der Waals surface area (Å²) in [5.41, 5.74) is -1.25. The maximum Gasteiger partial charge on any atom is 0.239 e. The summed E-state index contributed by atoms with van der Waals surface area (Å²) in [5, 5.41) is 4.95. The number of anilines is 1. The van der Waals surface area contributed by atoms with Crippen LogP contribution in [-0.2, 0) is 9.59 Å². The van der Waals surface area contributed by atoms with Gasteiger partial charge in [0.15, 0.2) is 0 Å². The Bertz CT molecular complexity index is 498. The van der Waals surface area contributed by atoms with E-state index in [1.165, 1.54) is 38.1 Å². The van der Waals surface area contributed by atoms with E-state index in [-0.39, 0.29) is 12.2 Å². The van der Waals surface area contributed by atoms with E-state index in [1.807, 2.05) is 0 Å². The average Bonchev–Trinajstić information content (AvgIpc) is 2.38. The van der Waals surface area contributed by atoms with Crippen LogP contribution >= 0.6 is 0 Å². The van der Waals surface area contributed by atoms with Gasteiger partial charge in [0.05, 0.1) is 5.69 Å². The molecule has 0 fully saturated rings. The molecule has 0 radical (unpaired) electrons. The molecule has 1 rings (SSSR count). The van der Waals surface area contributed by atoms with Gasteiger partial charge in [0.2, 0.25) is 11.8 Å². The number of hydrogen-bond acceptors (Lipinski definition) is 2. The molecule has 0 aliphatic heterocycles. The van der Waals surface area contributed by atoms with Crippen molar-refractivity contribution < 1.29 is 14.0 Å². The number of amides is 2. The molecule has 102 valence electrons. The van der Waals surface area contributed by atoms with Crippen molar-refractivity contribution >= 4 is 17.5 Å². The zero-order valence-corrected chi connectivity index (χ0v) is 11.0. The molecule has 1 aromatic rings. The topological polar surface area (TPSA) is 58.2 Å². The second kappa shape index (κ2) is 6.13. The van der Waals surface area contributed by atoms with E-state index in [1.54, 1.807) is 6.07 Å². The molecule has 2 N–H and O–H groups in total. The minimum Gasteiger partial charge on any atom is -0.352 e. The Kier molecular flexibility index (Phi) is 4.80. The summed E-state index contributed by atoms with van der Waals surface area (Å²) in [5.74, 6) is -1.56. The number of carbonyl (C=O) groups is 2. The third-order valence-electron chi connectivity index (χ3n) is 2.66. The van der Waals surface area contributed by atoms with E-state index in [4.69, 9.17) is 0 Å². The predicted molar refractivity (Wildman–Crippen MR) is 72.0 cm³/mol. The van der Waals surface area contributed by atoms with Crippen LogP contribution in [0.15, 0.2) is 36.9 Å². The summed E-state index contributed by atoms with van der Waals surface area (Å²) < 4.78 is 13.4. The lowest BCUT2D eigenvalue weighted by molar-refractivity contribution is -0.138. The van der Waals surface area contributed by atoms with Crippen LogP contribution in [0.5, 0.6) is 0 Å². The van der Waals surface area contributed by atoms with Crippen LogP contribution in [0.2, 0.25) is 0 Å². The lowest BCUT2D eigenvalue weighted by Gasteiger charge is -2.22. The summed E-state index contributed by atoms with van der Waals surface area (Å²) >= 11 is 0. The number of hydrogen-bond donors (Lipinski definition) is 2. The molecule has 2 amide bonds. The van der Waals surface area contributed by atoms with E-state index in [0.29, 0.717) is 0 Å². The van der Waals surface area contributed by atoms with Gasteiger partial charge in [-0.1, -0.05) is 18.2 Å². The lowest BCUT2D eigenvalue weighted by Crippen LogP contribution is -2.45. The number of carbonyl (C=O) groups excluding carboxylic acids is 2. The van der Waals surface area contributed by atoms with Gasteiger partial charge < -0.3 is 10.6 Å². The molecule has 19 heavy (non-hydrogen) atoms. The van der Waals surface area contributed by atoms with Gasteiger partial charge in [-0.3, -0.25) is 9.59 Å². The van der Waals surface area contributed by atoms with Gasteiger partial charge in [0, 0.05) is 6.54 Å². The van der Waals surface area contributed by atoms with E-state index < -0.39 is 23.0 Å². The van der Waals surface area contributed by atoms with Gasteiger partial charge in [-0.05, 0) is 26.0 Å². The zero-order valence-electron chi connectivity index (χ0n) is 11.0. The van der Waals surface area contributed by atoms with Gasteiger partial charge >= 0.3 is 0 Å². The standard InChI is InChI=1S/C14H17FN2O2/c1-4-9-16-12(18)14(2,3)13(19)17-11-8-6-5-7-10(11)15/h4-8H,1,9H2,2-3H3,(H,16,18)(H,17,19). The Morgan fingerprint density at radius 3 is 2.53 bits per heavy atom. The molecule has 0 bridgehead atoms. The first-order valence-corrected chi connectivity index (χ1v) is 5.84. The van der Waals surface area contributed by atoms with Crippen LogP contribution in [0.1, 0.15) is 13.8 Å². The van der Waals surface area contributed by atoms with Crippen molar-refractivity contribution in [2.24, 2.45) is 5.41 Å². The molecule has 0 aliphatic rings. The van der Waals surface area contributed by atoms with E-state index in [2.05, 4.69) is 17.2 Å². The molecular weight excluding hydrogens is 247 g/mol. The highest BCUT2D eigenvalue weighted by Gasteiger charge is 2.36. The summed E-state index contributed by atoms with van der Waals surface area (Å²) in [6.45, 7) is 6.69. The molecule has 5 heteroatoms. The Hall–Kier alpha value is -2.17. The first-order valence-electron chi connectivity index (χ1n) is 5.84. The Morgan fingerprint density at radius 1 is 1.32 bits per heavy atom. The van der Waals surface area contributed by atoms with Crippen LogP contribution in [0.4, 0.5) is 10.1 Å².